The molecule has 0 spiro atoms. The summed E-state index contributed by atoms with van der Waals surface area (Å²) in [6.07, 6.45) is 5.71. The summed E-state index contributed by atoms with van der Waals surface area (Å²) in [5, 5.41) is 2.83. The monoisotopic (exact) mass is 431 g/mol. The fraction of sp³-hybridized carbons (Fsp3) is 0.250. The molecular formula is C24H25N5O3. The van der Waals surface area contributed by atoms with Gasteiger partial charge in [0.25, 0.3) is 5.91 Å². The van der Waals surface area contributed by atoms with Crippen molar-refractivity contribution in [1.82, 2.24) is 19.8 Å². The molecule has 32 heavy (non-hydrogen) atoms. The van der Waals surface area contributed by atoms with Crippen molar-refractivity contribution in [1.29, 1.82) is 0 Å². The van der Waals surface area contributed by atoms with Crippen LogP contribution < -0.4 is 10.1 Å². The van der Waals surface area contributed by atoms with Gasteiger partial charge in [0, 0.05) is 56.3 Å². The molecule has 3 amide bonds. The number of benzene rings is 1. The first-order valence-corrected chi connectivity index (χ1v) is 10.6. The largest absolute Gasteiger partial charge is 0.493 e. The smallest absolute Gasteiger partial charge is 0.322 e. The van der Waals surface area contributed by atoms with E-state index in [1.165, 1.54) is 0 Å². The van der Waals surface area contributed by atoms with Crippen molar-refractivity contribution in [3.05, 3.63) is 84.4 Å². The van der Waals surface area contributed by atoms with Gasteiger partial charge in [-0.3, -0.25) is 14.8 Å². The molecule has 4 rings (SSSR count). The number of aromatic nitrogens is 2. The molecule has 8 heteroatoms. The maximum absolute atomic E-state index is 12.9. The highest BCUT2D eigenvalue weighted by molar-refractivity contribution is 5.95. The lowest BCUT2D eigenvalue weighted by Gasteiger charge is -2.34. The van der Waals surface area contributed by atoms with E-state index in [1.807, 2.05) is 30.3 Å². The number of rotatable bonds is 6. The lowest BCUT2D eigenvalue weighted by atomic mass is 10.1. The SMILES string of the molecule is O=C(Nc1cccnc1)N1CCN(C(=O)c2cccc(OCCc3ccccn3)c2)CC1. The van der Waals surface area contributed by atoms with Gasteiger partial charge in [-0.25, -0.2) is 4.79 Å². The molecule has 164 valence electrons. The molecule has 0 bridgehead atoms. The summed E-state index contributed by atoms with van der Waals surface area (Å²) in [6.45, 7) is 2.38. The molecule has 0 atom stereocenters. The Kier molecular flexibility index (Phi) is 6.91. The minimum absolute atomic E-state index is 0.0625. The summed E-state index contributed by atoms with van der Waals surface area (Å²) in [5.74, 6) is 0.591. The number of anilines is 1. The van der Waals surface area contributed by atoms with Gasteiger partial charge in [0.1, 0.15) is 5.75 Å². The van der Waals surface area contributed by atoms with Gasteiger partial charge in [0.05, 0.1) is 18.5 Å². The first kappa shape index (κ1) is 21.3. The number of urea groups is 1. The van der Waals surface area contributed by atoms with Crippen molar-refractivity contribution < 1.29 is 14.3 Å². The standard InChI is InChI=1S/C24H25N5O3/c30-23(19-5-3-8-22(17-19)32-16-9-20-6-1-2-11-26-20)28-12-14-29(15-13-28)24(31)27-21-7-4-10-25-18-21/h1-8,10-11,17-18H,9,12-16H2,(H,27,31). The summed E-state index contributed by atoms with van der Waals surface area (Å²) in [6, 6.07) is 16.4. The third-order valence-corrected chi connectivity index (χ3v) is 5.20. The number of carbonyl (C=O) groups is 2. The lowest BCUT2D eigenvalue weighted by molar-refractivity contribution is 0.0671. The van der Waals surface area contributed by atoms with Crippen LogP contribution in [0.15, 0.2) is 73.2 Å². The Morgan fingerprint density at radius 2 is 1.78 bits per heavy atom. The molecule has 1 saturated heterocycles. The molecule has 8 nitrogen and oxygen atoms in total. The second-order valence-corrected chi connectivity index (χ2v) is 7.40. The Balaban J connectivity index is 1.27. The molecule has 0 aliphatic carbocycles. The molecule has 0 unspecified atom stereocenters. The molecule has 0 radical (unpaired) electrons. The van der Waals surface area contributed by atoms with E-state index < -0.39 is 0 Å². The van der Waals surface area contributed by atoms with Crippen LogP contribution in [-0.4, -0.2) is 64.5 Å². The highest BCUT2D eigenvalue weighted by atomic mass is 16.5. The summed E-state index contributed by atoms with van der Waals surface area (Å²) in [4.78, 5) is 37.1. The van der Waals surface area contributed by atoms with E-state index >= 15 is 0 Å². The summed E-state index contributed by atoms with van der Waals surface area (Å²) in [5.41, 5.74) is 2.19. The molecule has 1 fully saturated rings. The molecule has 3 aromatic rings. The van der Waals surface area contributed by atoms with Crippen LogP contribution in [0.4, 0.5) is 10.5 Å². The Hall–Kier alpha value is -3.94. The Bertz CT molecular complexity index is 1040. The number of nitrogens with one attached hydrogen (secondary N) is 1. The quantitative estimate of drug-likeness (QED) is 0.648. The second-order valence-electron chi connectivity index (χ2n) is 7.40. The number of pyridine rings is 2. The Labute approximate surface area is 186 Å². The molecular weight excluding hydrogens is 406 g/mol. The van der Waals surface area contributed by atoms with E-state index in [4.69, 9.17) is 4.74 Å². The summed E-state index contributed by atoms with van der Waals surface area (Å²) < 4.78 is 5.82. The summed E-state index contributed by atoms with van der Waals surface area (Å²) >= 11 is 0. The van der Waals surface area contributed by atoms with Crippen LogP contribution in [0.2, 0.25) is 0 Å². The van der Waals surface area contributed by atoms with Gasteiger partial charge in [-0.1, -0.05) is 12.1 Å². The van der Waals surface area contributed by atoms with E-state index in [0.29, 0.717) is 56.2 Å². The van der Waals surface area contributed by atoms with E-state index in [0.717, 1.165) is 5.69 Å². The van der Waals surface area contributed by atoms with E-state index in [1.54, 1.807) is 52.7 Å². The van der Waals surface area contributed by atoms with Gasteiger partial charge in [0.2, 0.25) is 0 Å². The van der Waals surface area contributed by atoms with Crippen LogP contribution in [0.25, 0.3) is 0 Å². The zero-order valence-electron chi connectivity index (χ0n) is 17.7. The topological polar surface area (TPSA) is 87.7 Å². The van der Waals surface area contributed by atoms with Crippen LogP contribution in [0.1, 0.15) is 16.1 Å². The number of carbonyl (C=O) groups excluding carboxylic acids is 2. The molecule has 1 aliphatic heterocycles. The third kappa shape index (κ3) is 5.60. The highest BCUT2D eigenvalue weighted by Crippen LogP contribution is 2.17. The zero-order chi connectivity index (χ0) is 22.2. The Morgan fingerprint density at radius 1 is 0.938 bits per heavy atom. The number of nitrogens with zero attached hydrogens (tertiary/aromatic N) is 4. The van der Waals surface area contributed by atoms with Crippen LogP contribution >= 0.6 is 0 Å². The average molecular weight is 431 g/mol. The highest BCUT2D eigenvalue weighted by Gasteiger charge is 2.25. The maximum atomic E-state index is 12.9. The van der Waals surface area contributed by atoms with Gasteiger partial charge in [-0.2, -0.15) is 0 Å². The van der Waals surface area contributed by atoms with Gasteiger partial charge in [-0.05, 0) is 42.5 Å². The minimum Gasteiger partial charge on any atom is -0.493 e. The van der Waals surface area contributed by atoms with Crippen molar-refractivity contribution in [2.24, 2.45) is 0 Å². The van der Waals surface area contributed by atoms with Gasteiger partial charge in [0.15, 0.2) is 0 Å². The van der Waals surface area contributed by atoms with Gasteiger partial charge >= 0.3 is 6.03 Å². The first-order valence-electron chi connectivity index (χ1n) is 10.6. The Morgan fingerprint density at radius 3 is 2.53 bits per heavy atom. The van der Waals surface area contributed by atoms with Crippen LogP contribution in [0, 0.1) is 0 Å². The lowest BCUT2D eigenvalue weighted by Crippen LogP contribution is -2.51. The second kappa shape index (κ2) is 10.4. The maximum Gasteiger partial charge on any atom is 0.322 e. The fourth-order valence-corrected chi connectivity index (χ4v) is 3.47. The minimum atomic E-state index is -0.187. The summed E-state index contributed by atoms with van der Waals surface area (Å²) in [7, 11) is 0. The third-order valence-electron chi connectivity index (χ3n) is 5.20. The number of ether oxygens (including phenoxy) is 1. The fourth-order valence-electron chi connectivity index (χ4n) is 3.47. The van der Waals surface area contributed by atoms with Crippen molar-refractivity contribution in [2.75, 3.05) is 38.1 Å². The number of hydrogen-bond acceptors (Lipinski definition) is 5. The number of hydrogen-bond donors (Lipinski definition) is 1. The van der Waals surface area contributed by atoms with E-state index in [2.05, 4.69) is 15.3 Å². The molecule has 1 N–H and O–H groups in total. The average Bonchev–Trinajstić information content (AvgIpc) is 2.85. The normalized spacial score (nSPS) is 13.5. The molecule has 2 aromatic heterocycles. The number of piperazine rings is 1. The first-order chi connectivity index (χ1) is 15.7. The van der Waals surface area contributed by atoms with Gasteiger partial charge in [-0.15, -0.1) is 0 Å². The molecule has 3 heterocycles. The van der Waals surface area contributed by atoms with Crippen molar-refractivity contribution in [2.45, 2.75) is 6.42 Å². The predicted octanol–water partition coefficient (Wildman–Crippen LogP) is 3.09. The van der Waals surface area contributed by atoms with Gasteiger partial charge < -0.3 is 19.9 Å². The van der Waals surface area contributed by atoms with Crippen molar-refractivity contribution >= 4 is 17.6 Å². The predicted molar refractivity (Wildman–Crippen MR) is 121 cm³/mol. The molecule has 0 saturated carbocycles. The van der Waals surface area contributed by atoms with E-state index in [-0.39, 0.29) is 11.9 Å². The number of amides is 3. The van der Waals surface area contributed by atoms with Crippen molar-refractivity contribution in [3.63, 3.8) is 0 Å². The van der Waals surface area contributed by atoms with Crippen LogP contribution in [-0.2, 0) is 6.42 Å². The molecule has 1 aliphatic rings. The van der Waals surface area contributed by atoms with E-state index in [9.17, 15) is 9.59 Å². The molecule has 1 aromatic carbocycles. The van der Waals surface area contributed by atoms with Crippen LogP contribution in [0.5, 0.6) is 5.75 Å². The zero-order valence-corrected chi connectivity index (χ0v) is 17.7. The van der Waals surface area contributed by atoms with Crippen LogP contribution in [0.3, 0.4) is 0 Å². The van der Waals surface area contributed by atoms with Crippen molar-refractivity contribution in [3.8, 4) is 5.75 Å².